The summed E-state index contributed by atoms with van der Waals surface area (Å²) in [6.07, 6.45) is 6.50. The zero-order valence-corrected chi connectivity index (χ0v) is 15.3. The van der Waals surface area contributed by atoms with Gasteiger partial charge in [0.05, 0.1) is 24.4 Å². The largest absolute Gasteiger partial charge is 0.374 e. The van der Waals surface area contributed by atoms with Crippen LogP contribution in [0.5, 0.6) is 0 Å². The summed E-state index contributed by atoms with van der Waals surface area (Å²) in [5.41, 5.74) is 3.01. The summed E-state index contributed by atoms with van der Waals surface area (Å²) in [5.74, 6) is 0.0742. The molecule has 0 aromatic carbocycles. The van der Waals surface area contributed by atoms with Crippen LogP contribution in [0, 0.1) is 6.92 Å². The van der Waals surface area contributed by atoms with Crippen LogP contribution < -0.4 is 0 Å². The first kappa shape index (κ1) is 17.2. The molecule has 2 aliphatic heterocycles. The van der Waals surface area contributed by atoms with E-state index in [9.17, 15) is 4.79 Å². The predicted octanol–water partition coefficient (Wildman–Crippen LogP) is 1.24. The van der Waals surface area contributed by atoms with Gasteiger partial charge in [-0.2, -0.15) is 5.10 Å². The second-order valence-electron chi connectivity index (χ2n) is 7.15. The normalized spacial score (nSPS) is 23.7. The highest BCUT2D eigenvalue weighted by molar-refractivity contribution is 5.94. The van der Waals surface area contributed by atoms with Crippen molar-refractivity contribution in [1.29, 1.82) is 0 Å². The minimum atomic E-state index is 0.0742. The summed E-state index contributed by atoms with van der Waals surface area (Å²) in [5, 5.41) is 4.44. The van der Waals surface area contributed by atoms with Crippen LogP contribution in [-0.4, -0.2) is 68.9 Å². The van der Waals surface area contributed by atoms with Gasteiger partial charge in [-0.15, -0.1) is 0 Å². The molecule has 0 unspecified atom stereocenters. The Hall–Kier alpha value is -2.25. The van der Waals surface area contributed by atoms with Gasteiger partial charge in [0.2, 0.25) is 0 Å². The number of nitrogens with zero attached hydrogens (tertiary/aromatic N) is 5. The first-order valence-corrected chi connectivity index (χ1v) is 9.16. The Morgan fingerprint density at radius 1 is 1.31 bits per heavy atom. The van der Waals surface area contributed by atoms with Crippen LogP contribution in [0.4, 0.5) is 0 Å². The van der Waals surface area contributed by atoms with E-state index in [1.54, 1.807) is 24.5 Å². The molecule has 7 nitrogen and oxygen atoms in total. The quantitative estimate of drug-likeness (QED) is 0.829. The van der Waals surface area contributed by atoms with Crippen LogP contribution >= 0.6 is 0 Å². The fourth-order valence-electron chi connectivity index (χ4n) is 4.04. The molecule has 26 heavy (non-hydrogen) atoms. The second kappa shape index (κ2) is 7.17. The minimum Gasteiger partial charge on any atom is -0.374 e. The lowest BCUT2D eigenvalue weighted by atomic mass is 9.97. The molecule has 2 fully saturated rings. The molecule has 2 saturated heterocycles. The van der Waals surface area contributed by atoms with Gasteiger partial charge in [-0.05, 0) is 25.5 Å². The summed E-state index contributed by atoms with van der Waals surface area (Å²) in [6.45, 7) is 5.97. The fraction of sp³-hybridized carbons (Fsp3) is 0.526. The number of morpholine rings is 1. The molecule has 2 aromatic heterocycles. The number of fused-ring (bicyclic) bond motifs is 1. The molecule has 0 saturated carbocycles. The molecule has 4 heterocycles. The molecule has 0 N–H and O–H groups in total. The monoisotopic (exact) mass is 355 g/mol. The molecule has 0 spiro atoms. The number of pyridine rings is 1. The average molecular weight is 355 g/mol. The number of carbonyl (C=O) groups excluding carboxylic acids is 1. The molecule has 0 bridgehead atoms. The summed E-state index contributed by atoms with van der Waals surface area (Å²) in [7, 11) is 1.95. The van der Waals surface area contributed by atoms with Gasteiger partial charge < -0.3 is 9.64 Å². The number of aromatic nitrogens is 3. The molecular formula is C19H25N5O2. The van der Waals surface area contributed by atoms with Gasteiger partial charge >= 0.3 is 0 Å². The summed E-state index contributed by atoms with van der Waals surface area (Å²) in [6, 6.07) is 3.66. The SMILES string of the molecule is Cc1nn(C)cc1CN1CC[C@@H]2OCCN(C(=O)c3ccncc3)[C@H]2C1. The molecule has 2 atom stereocenters. The molecule has 1 amide bonds. The molecule has 0 aliphatic carbocycles. The average Bonchev–Trinajstić information content (AvgIpc) is 2.98. The van der Waals surface area contributed by atoms with Crippen LogP contribution in [0.1, 0.15) is 28.0 Å². The molecule has 138 valence electrons. The van der Waals surface area contributed by atoms with Crippen LogP contribution in [0.3, 0.4) is 0 Å². The zero-order valence-electron chi connectivity index (χ0n) is 15.3. The second-order valence-corrected chi connectivity index (χ2v) is 7.15. The first-order chi connectivity index (χ1) is 12.6. The van der Waals surface area contributed by atoms with E-state index in [0.717, 1.165) is 31.7 Å². The number of likely N-dealkylation sites (tertiary alicyclic amines) is 1. The van der Waals surface area contributed by atoms with E-state index in [0.29, 0.717) is 18.7 Å². The van der Waals surface area contributed by atoms with Crippen molar-refractivity contribution in [3.63, 3.8) is 0 Å². The van der Waals surface area contributed by atoms with E-state index in [-0.39, 0.29) is 18.1 Å². The van der Waals surface area contributed by atoms with Crippen LogP contribution in [-0.2, 0) is 18.3 Å². The number of carbonyl (C=O) groups is 1. The van der Waals surface area contributed by atoms with E-state index in [1.807, 2.05) is 23.6 Å². The number of ether oxygens (including phenoxy) is 1. The Morgan fingerprint density at radius 3 is 2.85 bits per heavy atom. The number of amides is 1. The lowest BCUT2D eigenvalue weighted by Crippen LogP contribution is -2.61. The Labute approximate surface area is 153 Å². The van der Waals surface area contributed by atoms with Gasteiger partial charge in [-0.3, -0.25) is 19.4 Å². The van der Waals surface area contributed by atoms with E-state index in [1.165, 1.54) is 5.56 Å². The van der Waals surface area contributed by atoms with Crippen molar-refractivity contribution in [3.8, 4) is 0 Å². The molecule has 0 radical (unpaired) electrons. The zero-order chi connectivity index (χ0) is 18.1. The van der Waals surface area contributed by atoms with Gasteiger partial charge in [0.15, 0.2) is 0 Å². The van der Waals surface area contributed by atoms with E-state index < -0.39 is 0 Å². The minimum absolute atomic E-state index is 0.0742. The smallest absolute Gasteiger partial charge is 0.254 e. The van der Waals surface area contributed by atoms with Gasteiger partial charge in [-0.25, -0.2) is 0 Å². The molecule has 7 heteroatoms. The molecule has 2 aromatic rings. The lowest BCUT2D eigenvalue weighted by molar-refractivity contribution is -0.0914. The number of hydrogen-bond acceptors (Lipinski definition) is 5. The summed E-state index contributed by atoms with van der Waals surface area (Å²) >= 11 is 0. The highest BCUT2D eigenvalue weighted by atomic mass is 16.5. The number of aryl methyl sites for hydroxylation is 2. The van der Waals surface area contributed by atoms with Crippen molar-refractivity contribution in [1.82, 2.24) is 24.6 Å². The maximum Gasteiger partial charge on any atom is 0.254 e. The molecular weight excluding hydrogens is 330 g/mol. The van der Waals surface area contributed by atoms with Crippen LogP contribution in [0.25, 0.3) is 0 Å². The Kier molecular flexibility index (Phi) is 4.74. The highest BCUT2D eigenvalue weighted by Gasteiger charge is 2.39. The Balaban J connectivity index is 1.50. The topological polar surface area (TPSA) is 63.5 Å². The van der Waals surface area contributed by atoms with Gasteiger partial charge in [0.25, 0.3) is 5.91 Å². The maximum atomic E-state index is 13.0. The van der Waals surface area contributed by atoms with E-state index in [4.69, 9.17) is 4.74 Å². The molecule has 4 rings (SSSR count). The molecule has 2 aliphatic rings. The maximum absolute atomic E-state index is 13.0. The summed E-state index contributed by atoms with van der Waals surface area (Å²) in [4.78, 5) is 21.4. The van der Waals surface area contributed by atoms with Crippen LogP contribution in [0.2, 0.25) is 0 Å². The lowest BCUT2D eigenvalue weighted by Gasteiger charge is -2.47. The van der Waals surface area contributed by atoms with Crippen molar-refractivity contribution >= 4 is 5.91 Å². The first-order valence-electron chi connectivity index (χ1n) is 9.16. The van der Waals surface area contributed by atoms with Crippen molar-refractivity contribution in [2.24, 2.45) is 7.05 Å². The highest BCUT2D eigenvalue weighted by Crippen LogP contribution is 2.26. The van der Waals surface area contributed by atoms with Gasteiger partial charge in [-0.1, -0.05) is 0 Å². The van der Waals surface area contributed by atoms with Crippen molar-refractivity contribution in [3.05, 3.63) is 47.5 Å². The Bertz CT molecular complexity index is 775. The predicted molar refractivity (Wildman–Crippen MR) is 96.6 cm³/mol. The standard InChI is InChI=1S/C19H25N5O2/c1-14-16(11-22(2)21-14)12-23-8-5-18-17(13-23)24(9-10-26-18)19(25)15-3-6-20-7-4-15/h3-4,6-7,11,17-18H,5,8-10,12-13H2,1-2H3/t17-,18-/m0/s1. The number of hydrogen-bond donors (Lipinski definition) is 0. The van der Waals surface area contributed by atoms with Gasteiger partial charge in [0.1, 0.15) is 0 Å². The van der Waals surface area contributed by atoms with Crippen molar-refractivity contribution < 1.29 is 9.53 Å². The third-order valence-corrected chi connectivity index (χ3v) is 5.37. The van der Waals surface area contributed by atoms with Gasteiger partial charge in [0, 0.05) is 62.9 Å². The third kappa shape index (κ3) is 3.37. The summed E-state index contributed by atoms with van der Waals surface area (Å²) < 4.78 is 7.84. The van der Waals surface area contributed by atoms with Crippen LogP contribution in [0.15, 0.2) is 30.7 Å². The number of rotatable bonds is 3. The number of piperidine rings is 1. The van der Waals surface area contributed by atoms with E-state index in [2.05, 4.69) is 21.2 Å². The van der Waals surface area contributed by atoms with E-state index >= 15 is 0 Å². The Morgan fingerprint density at radius 2 is 2.12 bits per heavy atom. The van der Waals surface area contributed by atoms with Crippen molar-refractivity contribution in [2.75, 3.05) is 26.2 Å². The third-order valence-electron chi connectivity index (χ3n) is 5.37. The van der Waals surface area contributed by atoms with Crippen molar-refractivity contribution in [2.45, 2.75) is 32.0 Å². The fourth-order valence-corrected chi connectivity index (χ4v) is 4.04.